The van der Waals surface area contributed by atoms with E-state index in [2.05, 4.69) is 14.7 Å². The summed E-state index contributed by atoms with van der Waals surface area (Å²) in [4.78, 5) is 22.1. The van der Waals surface area contributed by atoms with Crippen molar-refractivity contribution in [2.75, 3.05) is 42.2 Å². The molecule has 0 aliphatic carbocycles. The smallest absolute Gasteiger partial charge is 0.256 e. The Bertz CT molecular complexity index is 1410. The highest BCUT2D eigenvalue weighted by atomic mass is 35.5. The van der Waals surface area contributed by atoms with Gasteiger partial charge >= 0.3 is 0 Å². The van der Waals surface area contributed by atoms with Crippen molar-refractivity contribution < 1.29 is 17.6 Å². The van der Waals surface area contributed by atoms with Gasteiger partial charge in [0.15, 0.2) is 5.65 Å². The van der Waals surface area contributed by atoms with Gasteiger partial charge in [0.2, 0.25) is 10.0 Å². The number of rotatable bonds is 9. The molecule has 0 saturated carbocycles. The van der Waals surface area contributed by atoms with Crippen molar-refractivity contribution in [3.05, 3.63) is 52.3 Å². The number of amides is 1. The van der Waals surface area contributed by atoms with Gasteiger partial charge in [-0.25, -0.2) is 17.9 Å². The van der Waals surface area contributed by atoms with Crippen LogP contribution < -0.4 is 15.4 Å². The van der Waals surface area contributed by atoms with Gasteiger partial charge in [0.25, 0.3) is 5.91 Å². The molecule has 10 nitrogen and oxygen atoms in total. The second kappa shape index (κ2) is 10.8. The number of nitrogens with zero attached hydrogens (tertiary/aromatic N) is 5. The van der Waals surface area contributed by atoms with Gasteiger partial charge in [-0.15, -0.1) is 0 Å². The lowest BCUT2D eigenvalue weighted by atomic mass is 10.1. The van der Waals surface area contributed by atoms with E-state index in [9.17, 15) is 17.6 Å². The average molecular weight is 552 g/mol. The molecule has 37 heavy (non-hydrogen) atoms. The Morgan fingerprint density at radius 1 is 1.38 bits per heavy atom. The molecule has 1 amide bonds. The number of alkyl halides is 1. The number of nitrogens with two attached hydrogens (primary N) is 1. The lowest BCUT2D eigenvalue weighted by molar-refractivity contribution is 0.0681. The van der Waals surface area contributed by atoms with Crippen LogP contribution in [-0.4, -0.2) is 72.4 Å². The number of hydrogen-bond acceptors (Lipinski definition) is 7. The maximum absolute atomic E-state index is 13.7. The highest BCUT2D eigenvalue weighted by molar-refractivity contribution is 7.92. The minimum atomic E-state index is -3.66. The molecule has 1 saturated heterocycles. The predicted octanol–water partition coefficient (Wildman–Crippen LogP) is 3.16. The molecule has 2 atom stereocenters. The van der Waals surface area contributed by atoms with E-state index in [0.717, 1.165) is 37.1 Å². The molecule has 4 rings (SSSR count). The normalized spacial score (nSPS) is 16.8. The van der Waals surface area contributed by atoms with Crippen molar-refractivity contribution in [2.24, 2.45) is 5.73 Å². The molecule has 0 radical (unpaired) electrons. The number of halogens is 2. The monoisotopic (exact) mass is 551 g/mol. The van der Waals surface area contributed by atoms with E-state index in [-0.39, 0.29) is 35.3 Å². The van der Waals surface area contributed by atoms with Crippen molar-refractivity contribution in [1.82, 2.24) is 19.5 Å². The van der Waals surface area contributed by atoms with Crippen LogP contribution in [0.25, 0.3) is 5.65 Å². The summed E-state index contributed by atoms with van der Waals surface area (Å²) in [6, 6.07) is 5.66. The van der Waals surface area contributed by atoms with Crippen LogP contribution in [0.1, 0.15) is 47.4 Å². The number of aryl methyl sites for hydroxylation is 1. The van der Waals surface area contributed by atoms with E-state index >= 15 is 0 Å². The zero-order chi connectivity index (χ0) is 26.9. The minimum absolute atomic E-state index is 0.0639. The molecule has 3 N–H and O–H groups in total. The first-order chi connectivity index (χ1) is 17.5. The summed E-state index contributed by atoms with van der Waals surface area (Å²) < 4.78 is 41.0. The van der Waals surface area contributed by atoms with Gasteiger partial charge in [0, 0.05) is 48.5 Å². The van der Waals surface area contributed by atoms with Crippen LogP contribution in [0.3, 0.4) is 0 Å². The Morgan fingerprint density at radius 3 is 2.78 bits per heavy atom. The number of sulfonamides is 1. The van der Waals surface area contributed by atoms with Gasteiger partial charge in [0.1, 0.15) is 5.82 Å². The standard InChI is InChI=1S/C24H31ClFN7O3S/c1-15-13-33-22(28-23(15)31-10-7-18(27)14-31)12-21(29-33)16(2)32(9-4-8-26)24(34)19-11-17(25)5-6-20(19)30-37(3,35)36/h5-6,11-13,16,18,30H,4,7-10,14,27H2,1-3H3/t16-,18-/m0/s1. The van der Waals surface area contributed by atoms with E-state index in [1.807, 2.05) is 13.1 Å². The third kappa shape index (κ3) is 6.13. The third-order valence-corrected chi connectivity index (χ3v) is 7.17. The van der Waals surface area contributed by atoms with E-state index in [4.69, 9.17) is 22.3 Å². The van der Waals surface area contributed by atoms with Crippen LogP contribution in [-0.2, 0) is 10.0 Å². The van der Waals surface area contributed by atoms with Gasteiger partial charge in [-0.3, -0.25) is 13.9 Å². The summed E-state index contributed by atoms with van der Waals surface area (Å²) in [5, 5.41) is 4.91. The number of aromatic nitrogens is 3. The molecule has 13 heteroatoms. The zero-order valence-corrected chi connectivity index (χ0v) is 22.6. The second-order valence-corrected chi connectivity index (χ2v) is 11.6. The largest absolute Gasteiger partial charge is 0.355 e. The van der Waals surface area contributed by atoms with Crippen LogP contribution in [0.15, 0.2) is 30.5 Å². The lowest BCUT2D eigenvalue weighted by Crippen LogP contribution is -2.35. The first-order valence-corrected chi connectivity index (χ1v) is 14.3. The Hall–Kier alpha value is -2.96. The van der Waals surface area contributed by atoms with Crippen LogP contribution in [0.5, 0.6) is 0 Å². The first kappa shape index (κ1) is 27.1. The van der Waals surface area contributed by atoms with Crippen LogP contribution >= 0.6 is 11.6 Å². The fourth-order valence-electron chi connectivity index (χ4n) is 4.52. The third-order valence-electron chi connectivity index (χ3n) is 6.34. The number of hydrogen-bond donors (Lipinski definition) is 2. The van der Waals surface area contributed by atoms with E-state index in [0.29, 0.717) is 11.3 Å². The fourth-order valence-corrected chi connectivity index (χ4v) is 5.27. The summed E-state index contributed by atoms with van der Waals surface area (Å²) in [5.41, 5.74) is 8.36. The predicted molar refractivity (Wildman–Crippen MR) is 142 cm³/mol. The summed E-state index contributed by atoms with van der Waals surface area (Å²) >= 11 is 6.14. The number of benzene rings is 1. The summed E-state index contributed by atoms with van der Waals surface area (Å²) in [6.45, 7) is 4.79. The van der Waals surface area contributed by atoms with Crippen molar-refractivity contribution in [1.29, 1.82) is 0 Å². The molecule has 0 spiro atoms. The molecule has 1 aliphatic heterocycles. The molecule has 1 aromatic carbocycles. The number of anilines is 2. The van der Waals surface area contributed by atoms with Gasteiger partial charge in [0.05, 0.1) is 35.9 Å². The molecule has 1 fully saturated rings. The molecule has 0 bridgehead atoms. The molecule has 0 unspecified atom stereocenters. The molecular formula is C24H31ClFN7O3S. The van der Waals surface area contributed by atoms with Crippen molar-refractivity contribution in [3.63, 3.8) is 0 Å². The fraction of sp³-hybridized carbons (Fsp3) is 0.458. The van der Waals surface area contributed by atoms with Gasteiger partial charge in [-0.2, -0.15) is 5.10 Å². The Morgan fingerprint density at radius 2 is 2.14 bits per heavy atom. The molecule has 2 aromatic heterocycles. The van der Waals surface area contributed by atoms with E-state index in [1.54, 1.807) is 17.5 Å². The Labute approximate surface area is 220 Å². The zero-order valence-electron chi connectivity index (χ0n) is 21.0. The van der Waals surface area contributed by atoms with Crippen LogP contribution in [0.4, 0.5) is 15.9 Å². The van der Waals surface area contributed by atoms with E-state index < -0.39 is 28.6 Å². The summed E-state index contributed by atoms with van der Waals surface area (Å²) in [6.07, 6.45) is 3.89. The molecular weight excluding hydrogens is 521 g/mol. The maximum Gasteiger partial charge on any atom is 0.256 e. The lowest BCUT2D eigenvalue weighted by Gasteiger charge is -2.29. The SMILES string of the molecule is Cc1cn2nc([C@H](C)N(CCCF)C(=O)c3cc(Cl)ccc3NS(C)(=O)=O)cc2nc1N1CC[C@H](N)C1. The molecule has 3 heterocycles. The van der Waals surface area contributed by atoms with Crippen molar-refractivity contribution in [2.45, 2.75) is 38.8 Å². The topological polar surface area (TPSA) is 126 Å². The maximum atomic E-state index is 13.7. The minimum Gasteiger partial charge on any atom is -0.355 e. The van der Waals surface area contributed by atoms with Gasteiger partial charge in [-0.1, -0.05) is 11.6 Å². The van der Waals surface area contributed by atoms with Crippen LogP contribution in [0.2, 0.25) is 5.02 Å². The highest BCUT2D eigenvalue weighted by Gasteiger charge is 2.28. The quantitative estimate of drug-likeness (QED) is 0.418. The highest BCUT2D eigenvalue weighted by Crippen LogP contribution is 2.29. The molecule has 3 aromatic rings. The van der Waals surface area contributed by atoms with Crippen molar-refractivity contribution >= 4 is 44.7 Å². The van der Waals surface area contributed by atoms with Gasteiger partial charge < -0.3 is 15.5 Å². The Balaban J connectivity index is 1.69. The van der Waals surface area contributed by atoms with E-state index in [1.165, 1.54) is 23.1 Å². The van der Waals surface area contributed by atoms with Crippen molar-refractivity contribution in [3.8, 4) is 0 Å². The summed E-state index contributed by atoms with van der Waals surface area (Å²) in [5.74, 6) is 0.350. The van der Waals surface area contributed by atoms with Gasteiger partial charge in [-0.05, 0) is 44.9 Å². The number of fused-ring (bicyclic) bond motifs is 1. The summed E-state index contributed by atoms with van der Waals surface area (Å²) in [7, 11) is -3.66. The Kier molecular flexibility index (Phi) is 7.91. The number of carbonyl (C=O) groups excluding carboxylic acids is 1. The second-order valence-electron chi connectivity index (χ2n) is 9.40. The molecule has 200 valence electrons. The van der Waals surface area contributed by atoms with Crippen LogP contribution in [0, 0.1) is 6.92 Å². The number of carbonyl (C=O) groups is 1. The average Bonchev–Trinajstić information content (AvgIpc) is 3.44. The first-order valence-electron chi connectivity index (χ1n) is 12.0. The molecule has 1 aliphatic rings. The number of nitrogens with one attached hydrogen (secondary N) is 1.